The molecular weight excluding hydrogens is 318 g/mol. The smallest absolute Gasteiger partial charge is 0.287 e. The molecule has 1 amide bonds. The highest BCUT2D eigenvalue weighted by Crippen LogP contribution is 2.21. The molecule has 0 aliphatic rings. The molecule has 6 heteroatoms. The van der Waals surface area contributed by atoms with Gasteiger partial charge in [0.1, 0.15) is 17.2 Å². The van der Waals surface area contributed by atoms with E-state index in [0.29, 0.717) is 17.2 Å². The minimum Gasteiger partial charge on any atom is -0.497 e. The van der Waals surface area contributed by atoms with Crippen LogP contribution in [0.4, 0.5) is 0 Å². The van der Waals surface area contributed by atoms with Gasteiger partial charge in [-0.15, -0.1) is 0 Å². The number of carbonyl (C=O) groups is 1. The van der Waals surface area contributed by atoms with Crippen LogP contribution in [-0.4, -0.2) is 30.8 Å². The van der Waals surface area contributed by atoms with Crippen molar-refractivity contribution in [2.45, 2.75) is 6.92 Å². The number of ether oxygens (including phenoxy) is 2. The fraction of sp³-hybridized carbons (Fsp3) is 0.158. The number of methoxy groups -OCH3 is 2. The van der Waals surface area contributed by atoms with Gasteiger partial charge in [0.15, 0.2) is 0 Å². The Morgan fingerprint density at radius 1 is 1.08 bits per heavy atom. The molecule has 6 nitrogen and oxygen atoms in total. The van der Waals surface area contributed by atoms with Gasteiger partial charge in [-0.2, -0.15) is 5.10 Å². The molecule has 0 aliphatic heterocycles. The first-order chi connectivity index (χ1) is 12.1. The molecule has 25 heavy (non-hydrogen) atoms. The standard InChI is InChI=1S/C19H19N3O3/c1-12(15-6-4-5-7-18(15)25-3)21-22-19(23)17-11-13-10-14(24-2)8-9-16(13)20-17/h4-11,20H,1-3H3,(H,22,23). The molecule has 0 atom stereocenters. The number of para-hydroxylation sites is 1. The molecule has 2 N–H and O–H groups in total. The van der Waals surface area contributed by atoms with Crippen molar-refractivity contribution in [3.8, 4) is 11.5 Å². The summed E-state index contributed by atoms with van der Waals surface area (Å²) in [6.45, 7) is 1.81. The van der Waals surface area contributed by atoms with E-state index in [1.165, 1.54) is 0 Å². The molecule has 0 aliphatic carbocycles. The van der Waals surface area contributed by atoms with E-state index in [9.17, 15) is 4.79 Å². The number of nitrogens with zero attached hydrogens (tertiary/aromatic N) is 1. The SMILES string of the molecule is COc1ccc2[nH]c(C(=O)NN=C(C)c3ccccc3OC)cc2c1. The van der Waals surface area contributed by atoms with Crippen LogP contribution in [0.3, 0.4) is 0 Å². The fourth-order valence-corrected chi connectivity index (χ4v) is 2.56. The lowest BCUT2D eigenvalue weighted by Crippen LogP contribution is -2.19. The van der Waals surface area contributed by atoms with Crippen LogP contribution in [0.15, 0.2) is 53.6 Å². The van der Waals surface area contributed by atoms with Crippen LogP contribution in [-0.2, 0) is 0 Å². The number of rotatable bonds is 5. The summed E-state index contributed by atoms with van der Waals surface area (Å²) in [6.07, 6.45) is 0. The lowest BCUT2D eigenvalue weighted by Gasteiger charge is -2.07. The number of aromatic amines is 1. The number of aromatic nitrogens is 1. The van der Waals surface area contributed by atoms with Gasteiger partial charge in [0, 0.05) is 16.5 Å². The van der Waals surface area contributed by atoms with E-state index >= 15 is 0 Å². The Bertz CT molecular complexity index is 944. The molecule has 128 valence electrons. The monoisotopic (exact) mass is 337 g/mol. The fourth-order valence-electron chi connectivity index (χ4n) is 2.56. The number of H-pyrrole nitrogens is 1. The molecule has 2 aromatic carbocycles. The quantitative estimate of drug-likeness (QED) is 0.554. The Labute approximate surface area is 145 Å². The maximum absolute atomic E-state index is 12.3. The van der Waals surface area contributed by atoms with Gasteiger partial charge in [-0.05, 0) is 43.3 Å². The average molecular weight is 337 g/mol. The van der Waals surface area contributed by atoms with Crippen molar-refractivity contribution in [2.24, 2.45) is 5.10 Å². The first-order valence-corrected chi connectivity index (χ1v) is 7.77. The zero-order valence-corrected chi connectivity index (χ0v) is 14.3. The van der Waals surface area contributed by atoms with E-state index in [0.717, 1.165) is 22.2 Å². The van der Waals surface area contributed by atoms with E-state index < -0.39 is 0 Å². The van der Waals surface area contributed by atoms with Crippen molar-refractivity contribution >= 4 is 22.5 Å². The molecule has 0 fully saturated rings. The van der Waals surface area contributed by atoms with E-state index in [1.54, 1.807) is 20.3 Å². The molecule has 3 aromatic rings. The lowest BCUT2D eigenvalue weighted by atomic mass is 10.1. The van der Waals surface area contributed by atoms with Crippen molar-refractivity contribution < 1.29 is 14.3 Å². The third-order valence-electron chi connectivity index (χ3n) is 3.89. The summed E-state index contributed by atoms with van der Waals surface area (Å²) in [5.74, 6) is 1.13. The summed E-state index contributed by atoms with van der Waals surface area (Å²) in [4.78, 5) is 15.4. The molecule has 1 aromatic heterocycles. The van der Waals surface area contributed by atoms with E-state index in [4.69, 9.17) is 9.47 Å². The Balaban J connectivity index is 1.80. The Hall–Kier alpha value is -3.28. The van der Waals surface area contributed by atoms with Crippen LogP contribution in [0.1, 0.15) is 23.0 Å². The first kappa shape index (κ1) is 16.6. The zero-order chi connectivity index (χ0) is 17.8. The molecular formula is C19H19N3O3. The van der Waals surface area contributed by atoms with Crippen molar-refractivity contribution in [1.82, 2.24) is 10.4 Å². The second kappa shape index (κ2) is 7.09. The minimum absolute atomic E-state index is 0.315. The number of hydrogen-bond donors (Lipinski definition) is 2. The second-order valence-corrected chi connectivity index (χ2v) is 5.47. The van der Waals surface area contributed by atoms with Crippen LogP contribution >= 0.6 is 0 Å². The third kappa shape index (κ3) is 3.47. The van der Waals surface area contributed by atoms with Crippen molar-refractivity contribution in [2.75, 3.05) is 14.2 Å². The molecule has 0 saturated carbocycles. The molecule has 3 rings (SSSR count). The summed E-state index contributed by atoms with van der Waals surface area (Å²) >= 11 is 0. The van der Waals surface area contributed by atoms with Gasteiger partial charge in [-0.3, -0.25) is 4.79 Å². The number of carbonyl (C=O) groups excluding carboxylic acids is 1. The number of nitrogens with one attached hydrogen (secondary N) is 2. The number of hydrogen-bond acceptors (Lipinski definition) is 4. The predicted octanol–water partition coefficient (Wildman–Crippen LogP) is 3.34. The molecule has 0 unspecified atom stereocenters. The van der Waals surface area contributed by atoms with Crippen molar-refractivity contribution in [1.29, 1.82) is 0 Å². The van der Waals surface area contributed by atoms with Crippen LogP contribution in [0.2, 0.25) is 0 Å². The molecule has 1 heterocycles. The zero-order valence-electron chi connectivity index (χ0n) is 14.3. The summed E-state index contributed by atoms with van der Waals surface area (Å²) in [5, 5.41) is 5.07. The van der Waals surface area contributed by atoms with Gasteiger partial charge < -0.3 is 14.5 Å². The van der Waals surface area contributed by atoms with Gasteiger partial charge in [0.05, 0.1) is 19.9 Å². The predicted molar refractivity (Wildman–Crippen MR) is 97.5 cm³/mol. The Kier molecular flexibility index (Phi) is 4.70. The minimum atomic E-state index is -0.315. The average Bonchev–Trinajstić information content (AvgIpc) is 3.08. The summed E-state index contributed by atoms with van der Waals surface area (Å²) < 4.78 is 10.5. The highest BCUT2D eigenvalue weighted by Gasteiger charge is 2.11. The van der Waals surface area contributed by atoms with Gasteiger partial charge in [0.25, 0.3) is 5.91 Å². The number of benzene rings is 2. The molecule has 0 bridgehead atoms. The highest BCUT2D eigenvalue weighted by atomic mass is 16.5. The Morgan fingerprint density at radius 2 is 1.88 bits per heavy atom. The van der Waals surface area contributed by atoms with E-state index in [-0.39, 0.29) is 5.91 Å². The van der Waals surface area contributed by atoms with Crippen molar-refractivity contribution in [3.63, 3.8) is 0 Å². The molecule has 0 saturated heterocycles. The first-order valence-electron chi connectivity index (χ1n) is 7.77. The second-order valence-electron chi connectivity index (χ2n) is 5.47. The van der Waals surface area contributed by atoms with Gasteiger partial charge in [-0.1, -0.05) is 12.1 Å². The van der Waals surface area contributed by atoms with Crippen LogP contribution in [0.25, 0.3) is 10.9 Å². The maximum Gasteiger partial charge on any atom is 0.287 e. The Morgan fingerprint density at radius 3 is 2.64 bits per heavy atom. The van der Waals surface area contributed by atoms with Crippen LogP contribution in [0, 0.1) is 0 Å². The molecule has 0 spiro atoms. The van der Waals surface area contributed by atoms with E-state index in [2.05, 4.69) is 15.5 Å². The van der Waals surface area contributed by atoms with Crippen molar-refractivity contribution in [3.05, 3.63) is 59.8 Å². The lowest BCUT2D eigenvalue weighted by molar-refractivity contribution is 0.0950. The number of fused-ring (bicyclic) bond motifs is 1. The summed E-state index contributed by atoms with van der Waals surface area (Å²) in [7, 11) is 3.21. The normalized spacial score (nSPS) is 11.4. The number of hydrazone groups is 1. The highest BCUT2D eigenvalue weighted by molar-refractivity contribution is 6.03. The number of amides is 1. The van der Waals surface area contributed by atoms with Crippen LogP contribution in [0.5, 0.6) is 11.5 Å². The topological polar surface area (TPSA) is 75.7 Å². The largest absolute Gasteiger partial charge is 0.497 e. The summed E-state index contributed by atoms with van der Waals surface area (Å²) in [6, 6.07) is 14.9. The van der Waals surface area contributed by atoms with E-state index in [1.807, 2.05) is 49.4 Å². The molecule has 0 radical (unpaired) electrons. The maximum atomic E-state index is 12.3. The van der Waals surface area contributed by atoms with Gasteiger partial charge >= 0.3 is 0 Å². The summed E-state index contributed by atoms with van der Waals surface area (Å²) in [5.41, 5.74) is 5.34. The third-order valence-corrected chi connectivity index (χ3v) is 3.89. The van der Waals surface area contributed by atoms with Gasteiger partial charge in [0.2, 0.25) is 0 Å². The van der Waals surface area contributed by atoms with Gasteiger partial charge in [-0.25, -0.2) is 5.43 Å². The van der Waals surface area contributed by atoms with Crippen LogP contribution < -0.4 is 14.9 Å².